The number of carbonyl (C=O) groups excluding carboxylic acids is 2. The Bertz CT molecular complexity index is 645. The zero-order valence-electron chi connectivity index (χ0n) is 11.2. The van der Waals surface area contributed by atoms with Gasteiger partial charge in [-0.15, -0.1) is 0 Å². The molecule has 1 aromatic heterocycles. The van der Waals surface area contributed by atoms with Gasteiger partial charge in [-0.3, -0.25) is 14.7 Å². The molecule has 0 aliphatic carbocycles. The van der Waals surface area contributed by atoms with Crippen LogP contribution in [0.1, 0.15) is 23.1 Å². The molecule has 0 atom stereocenters. The molecule has 2 aromatic rings. The molecule has 0 unspecified atom stereocenters. The minimum atomic E-state index is -0.390. The predicted octanol–water partition coefficient (Wildman–Crippen LogP) is 1.51. The normalized spacial score (nSPS) is 10.1. The summed E-state index contributed by atoms with van der Waals surface area (Å²) in [5, 5.41) is 11.8. The Hall–Kier alpha value is -2.83. The summed E-state index contributed by atoms with van der Waals surface area (Å²) >= 11 is 0. The van der Waals surface area contributed by atoms with E-state index in [1.807, 2.05) is 0 Å². The van der Waals surface area contributed by atoms with Crippen LogP contribution in [0, 0.1) is 6.92 Å². The average Bonchev–Trinajstić information content (AvgIpc) is 2.72. The molecule has 0 aliphatic rings. The number of H-pyrrole nitrogens is 1. The standard InChI is InChI=1S/C13H15N5O2/c1-7-11(14)12(18-17-7)13(20)16-10-5-3-9(4-6-10)15-8(2)19/h3-6H,14H2,1-2H3,(H,15,19)(H,16,20)(H,17,18). The number of amides is 2. The molecule has 1 heterocycles. The number of nitrogen functional groups attached to an aromatic ring is 1. The number of aromatic amines is 1. The molecule has 2 amide bonds. The number of aromatic nitrogens is 2. The first-order valence-corrected chi connectivity index (χ1v) is 5.97. The molecule has 0 bridgehead atoms. The molecular formula is C13H15N5O2. The van der Waals surface area contributed by atoms with Crippen molar-refractivity contribution in [2.45, 2.75) is 13.8 Å². The summed E-state index contributed by atoms with van der Waals surface area (Å²) in [6.07, 6.45) is 0. The minimum absolute atomic E-state index is 0.151. The van der Waals surface area contributed by atoms with Gasteiger partial charge in [0.2, 0.25) is 5.91 Å². The second-order valence-corrected chi connectivity index (χ2v) is 4.32. The Morgan fingerprint density at radius 1 is 1.15 bits per heavy atom. The highest BCUT2D eigenvalue weighted by Gasteiger charge is 2.15. The molecule has 7 nitrogen and oxygen atoms in total. The van der Waals surface area contributed by atoms with Gasteiger partial charge in [0.15, 0.2) is 5.69 Å². The van der Waals surface area contributed by atoms with E-state index in [9.17, 15) is 9.59 Å². The Balaban J connectivity index is 2.08. The fraction of sp³-hybridized carbons (Fsp3) is 0.154. The predicted molar refractivity (Wildman–Crippen MR) is 76.4 cm³/mol. The Labute approximate surface area is 115 Å². The van der Waals surface area contributed by atoms with Crippen molar-refractivity contribution in [1.82, 2.24) is 10.2 Å². The summed E-state index contributed by atoms with van der Waals surface area (Å²) in [4.78, 5) is 22.9. The summed E-state index contributed by atoms with van der Waals surface area (Å²) in [6.45, 7) is 3.17. The summed E-state index contributed by atoms with van der Waals surface area (Å²) in [6, 6.07) is 6.74. The van der Waals surface area contributed by atoms with Crippen molar-refractivity contribution in [3.05, 3.63) is 35.7 Å². The molecule has 0 saturated carbocycles. The van der Waals surface area contributed by atoms with E-state index in [2.05, 4.69) is 20.8 Å². The third-order valence-corrected chi connectivity index (χ3v) is 2.67. The number of nitrogens with one attached hydrogen (secondary N) is 3. The van der Waals surface area contributed by atoms with E-state index in [1.165, 1.54) is 6.92 Å². The van der Waals surface area contributed by atoms with Gasteiger partial charge in [0.05, 0.1) is 11.4 Å². The molecule has 1 aromatic carbocycles. The van der Waals surface area contributed by atoms with Gasteiger partial charge in [-0.1, -0.05) is 0 Å². The quantitative estimate of drug-likeness (QED) is 0.678. The van der Waals surface area contributed by atoms with Crippen LogP contribution in [-0.4, -0.2) is 22.0 Å². The fourth-order valence-electron chi connectivity index (χ4n) is 1.64. The van der Waals surface area contributed by atoms with Gasteiger partial charge in [0, 0.05) is 18.3 Å². The second kappa shape index (κ2) is 5.43. The number of hydrogen-bond donors (Lipinski definition) is 4. The minimum Gasteiger partial charge on any atom is -0.395 e. The van der Waals surface area contributed by atoms with Gasteiger partial charge in [-0.05, 0) is 31.2 Å². The van der Waals surface area contributed by atoms with Crippen molar-refractivity contribution in [2.24, 2.45) is 0 Å². The van der Waals surface area contributed by atoms with Crippen LogP contribution in [0.15, 0.2) is 24.3 Å². The van der Waals surface area contributed by atoms with Crippen LogP contribution in [0.3, 0.4) is 0 Å². The van der Waals surface area contributed by atoms with Crippen LogP contribution >= 0.6 is 0 Å². The topological polar surface area (TPSA) is 113 Å². The Morgan fingerprint density at radius 3 is 2.15 bits per heavy atom. The summed E-state index contributed by atoms with van der Waals surface area (Å²) in [5.74, 6) is -0.541. The number of carbonyl (C=O) groups is 2. The molecule has 0 spiro atoms. The highest BCUT2D eigenvalue weighted by atomic mass is 16.2. The van der Waals surface area contributed by atoms with E-state index in [4.69, 9.17) is 5.73 Å². The molecule has 2 rings (SSSR count). The Kier molecular flexibility index (Phi) is 3.69. The van der Waals surface area contributed by atoms with Gasteiger partial charge < -0.3 is 16.4 Å². The summed E-state index contributed by atoms with van der Waals surface area (Å²) < 4.78 is 0. The molecule has 20 heavy (non-hydrogen) atoms. The average molecular weight is 273 g/mol. The van der Waals surface area contributed by atoms with Crippen LogP contribution in [0.2, 0.25) is 0 Å². The largest absolute Gasteiger partial charge is 0.395 e. The molecule has 5 N–H and O–H groups in total. The zero-order chi connectivity index (χ0) is 14.7. The molecular weight excluding hydrogens is 258 g/mol. The van der Waals surface area contributed by atoms with Crippen LogP contribution in [0.5, 0.6) is 0 Å². The van der Waals surface area contributed by atoms with Gasteiger partial charge in [0.25, 0.3) is 5.91 Å². The number of hydrogen-bond acceptors (Lipinski definition) is 4. The summed E-state index contributed by atoms with van der Waals surface area (Å²) in [5.41, 5.74) is 8.12. The fourth-order valence-corrected chi connectivity index (χ4v) is 1.64. The van der Waals surface area contributed by atoms with Gasteiger partial charge >= 0.3 is 0 Å². The lowest BCUT2D eigenvalue weighted by atomic mass is 10.2. The maximum atomic E-state index is 12.0. The van der Waals surface area contributed by atoms with E-state index in [0.717, 1.165) is 0 Å². The lowest BCUT2D eigenvalue weighted by molar-refractivity contribution is -0.114. The van der Waals surface area contributed by atoms with E-state index < -0.39 is 0 Å². The number of aryl methyl sites for hydroxylation is 1. The molecule has 0 aliphatic heterocycles. The highest BCUT2D eigenvalue weighted by Crippen LogP contribution is 2.17. The number of rotatable bonds is 3. The van der Waals surface area contributed by atoms with Gasteiger partial charge in [-0.25, -0.2) is 0 Å². The van der Waals surface area contributed by atoms with E-state index >= 15 is 0 Å². The van der Waals surface area contributed by atoms with Crippen molar-refractivity contribution in [2.75, 3.05) is 16.4 Å². The maximum Gasteiger partial charge on any atom is 0.278 e. The lowest BCUT2D eigenvalue weighted by Crippen LogP contribution is -2.14. The van der Waals surface area contributed by atoms with E-state index in [0.29, 0.717) is 22.8 Å². The number of anilines is 3. The van der Waals surface area contributed by atoms with Crippen LogP contribution < -0.4 is 16.4 Å². The van der Waals surface area contributed by atoms with Crippen LogP contribution in [0.4, 0.5) is 17.1 Å². The SMILES string of the molecule is CC(=O)Nc1ccc(NC(=O)c2n[nH]c(C)c2N)cc1. The van der Waals surface area contributed by atoms with Crippen molar-refractivity contribution in [3.8, 4) is 0 Å². The first-order chi connectivity index (χ1) is 9.47. The maximum absolute atomic E-state index is 12.0. The van der Waals surface area contributed by atoms with Gasteiger partial charge in [-0.2, -0.15) is 5.10 Å². The number of benzene rings is 1. The molecule has 104 valence electrons. The van der Waals surface area contributed by atoms with E-state index in [1.54, 1.807) is 31.2 Å². The van der Waals surface area contributed by atoms with Crippen LogP contribution in [-0.2, 0) is 4.79 Å². The molecule has 7 heteroatoms. The zero-order valence-corrected chi connectivity index (χ0v) is 11.2. The monoisotopic (exact) mass is 273 g/mol. The van der Waals surface area contributed by atoms with Gasteiger partial charge in [0.1, 0.15) is 0 Å². The highest BCUT2D eigenvalue weighted by molar-refractivity contribution is 6.06. The van der Waals surface area contributed by atoms with E-state index in [-0.39, 0.29) is 17.5 Å². The first-order valence-electron chi connectivity index (χ1n) is 5.97. The molecule has 0 fully saturated rings. The van der Waals surface area contributed by atoms with Crippen LogP contribution in [0.25, 0.3) is 0 Å². The first kappa shape index (κ1) is 13.6. The Morgan fingerprint density at radius 2 is 1.70 bits per heavy atom. The van der Waals surface area contributed by atoms with Crippen molar-refractivity contribution >= 4 is 28.9 Å². The number of nitrogens with two attached hydrogens (primary N) is 1. The smallest absolute Gasteiger partial charge is 0.278 e. The number of nitrogens with zero attached hydrogens (tertiary/aromatic N) is 1. The summed E-state index contributed by atoms with van der Waals surface area (Å²) in [7, 11) is 0. The molecule has 0 saturated heterocycles. The van der Waals surface area contributed by atoms with Crippen molar-refractivity contribution < 1.29 is 9.59 Å². The second-order valence-electron chi connectivity index (χ2n) is 4.32. The molecule has 0 radical (unpaired) electrons. The third-order valence-electron chi connectivity index (χ3n) is 2.67. The van der Waals surface area contributed by atoms with Crippen molar-refractivity contribution in [3.63, 3.8) is 0 Å². The van der Waals surface area contributed by atoms with Crippen molar-refractivity contribution in [1.29, 1.82) is 0 Å². The lowest BCUT2D eigenvalue weighted by Gasteiger charge is -2.06. The third kappa shape index (κ3) is 2.94.